The van der Waals surface area contributed by atoms with Gasteiger partial charge in [0.05, 0.1) is 12.5 Å². The minimum atomic E-state index is -0.168. The molecule has 3 heterocycles. The van der Waals surface area contributed by atoms with Crippen molar-refractivity contribution in [3.8, 4) is 5.75 Å². The van der Waals surface area contributed by atoms with Crippen LogP contribution >= 0.6 is 15.9 Å². The molecule has 2 aromatic carbocycles. The third kappa shape index (κ3) is 4.33. The Labute approximate surface area is 217 Å². The third-order valence-electron chi connectivity index (χ3n) is 9.43. The highest BCUT2D eigenvalue weighted by Gasteiger charge is 2.53. The Hall–Kier alpha value is -1.85. The average molecular weight is 538 g/mol. The number of benzene rings is 2. The maximum absolute atomic E-state index is 14.5. The van der Waals surface area contributed by atoms with E-state index in [1.165, 1.54) is 43.2 Å². The summed E-state index contributed by atoms with van der Waals surface area (Å²) in [7, 11) is 0. The van der Waals surface area contributed by atoms with Crippen LogP contribution in [0.4, 0.5) is 0 Å². The van der Waals surface area contributed by atoms with Gasteiger partial charge in [-0.15, -0.1) is 0 Å². The third-order valence-corrected chi connectivity index (χ3v) is 9.93. The molecule has 1 N–H and O–H groups in total. The van der Waals surface area contributed by atoms with Crippen molar-refractivity contribution in [1.29, 1.82) is 0 Å². The summed E-state index contributed by atoms with van der Waals surface area (Å²) in [6.07, 6.45) is 9.60. The summed E-state index contributed by atoms with van der Waals surface area (Å²) >= 11 is 3.60. The van der Waals surface area contributed by atoms with Crippen molar-refractivity contribution in [3.05, 3.63) is 64.1 Å². The lowest BCUT2D eigenvalue weighted by atomic mass is 9.67. The SMILES string of the molecule is O=C([C@@H]1CNC[C@]12CCOc1cc(Br)ccc12)N1CC[C@@H](c2ccccc2)C[C@H]1C1CCCCC1. The lowest BCUT2D eigenvalue weighted by Gasteiger charge is -2.48. The van der Waals surface area contributed by atoms with Crippen molar-refractivity contribution >= 4 is 21.8 Å². The van der Waals surface area contributed by atoms with E-state index in [1.54, 1.807) is 0 Å². The highest BCUT2D eigenvalue weighted by Crippen LogP contribution is 2.48. The number of likely N-dealkylation sites (tertiary alicyclic amines) is 1. The molecule has 0 radical (unpaired) electrons. The maximum Gasteiger partial charge on any atom is 0.228 e. The molecular weight excluding hydrogens is 500 g/mol. The van der Waals surface area contributed by atoms with Gasteiger partial charge in [0.1, 0.15) is 5.75 Å². The summed E-state index contributed by atoms with van der Waals surface area (Å²) < 4.78 is 7.09. The van der Waals surface area contributed by atoms with E-state index < -0.39 is 0 Å². The van der Waals surface area contributed by atoms with Gasteiger partial charge >= 0.3 is 0 Å². The fraction of sp³-hybridized carbons (Fsp3) is 0.567. The number of carbonyl (C=O) groups excluding carboxylic acids is 1. The van der Waals surface area contributed by atoms with Gasteiger partial charge in [-0.2, -0.15) is 0 Å². The van der Waals surface area contributed by atoms with Gasteiger partial charge in [0.25, 0.3) is 0 Å². The Morgan fingerprint density at radius 2 is 1.89 bits per heavy atom. The molecule has 186 valence electrons. The maximum atomic E-state index is 14.5. The Morgan fingerprint density at radius 1 is 1.06 bits per heavy atom. The minimum absolute atomic E-state index is 0.0225. The second-order valence-electron chi connectivity index (χ2n) is 11.2. The number of carbonyl (C=O) groups is 1. The number of nitrogens with zero attached hydrogens (tertiary/aromatic N) is 1. The Kier molecular flexibility index (Phi) is 6.66. The quantitative estimate of drug-likeness (QED) is 0.519. The van der Waals surface area contributed by atoms with Crippen LogP contribution in [-0.2, 0) is 10.2 Å². The van der Waals surface area contributed by atoms with E-state index in [9.17, 15) is 4.79 Å². The summed E-state index contributed by atoms with van der Waals surface area (Å²) in [6, 6.07) is 17.7. The van der Waals surface area contributed by atoms with Crippen LogP contribution in [0.2, 0.25) is 0 Å². The van der Waals surface area contributed by atoms with Crippen molar-refractivity contribution < 1.29 is 9.53 Å². The number of nitrogens with one attached hydrogen (secondary N) is 1. The smallest absolute Gasteiger partial charge is 0.228 e. The van der Waals surface area contributed by atoms with Gasteiger partial charge in [-0.05, 0) is 61.6 Å². The van der Waals surface area contributed by atoms with Crippen molar-refractivity contribution in [1.82, 2.24) is 10.2 Å². The molecule has 2 saturated heterocycles. The van der Waals surface area contributed by atoms with Gasteiger partial charge in [0.15, 0.2) is 0 Å². The van der Waals surface area contributed by atoms with Gasteiger partial charge in [0, 0.05) is 41.1 Å². The van der Waals surface area contributed by atoms with Crippen LogP contribution in [0.25, 0.3) is 0 Å². The number of amides is 1. The standard InChI is InChI=1S/C30H37BrN2O2/c31-24-11-12-25-28(18-24)35-16-14-30(25)20-32-19-26(30)29(34)33-15-13-23(21-7-3-1-4-8-21)17-27(33)22-9-5-2-6-10-22/h1,3-4,7-8,11-12,18,22-23,26-27,32H,2,5-6,9-10,13-17,19-20H2/t23-,26+,27+,30+/m1/s1. The summed E-state index contributed by atoms with van der Waals surface area (Å²) in [5, 5.41) is 3.62. The zero-order valence-corrected chi connectivity index (χ0v) is 22.1. The molecule has 35 heavy (non-hydrogen) atoms. The van der Waals surface area contributed by atoms with Crippen LogP contribution in [0.3, 0.4) is 0 Å². The predicted octanol–water partition coefficient (Wildman–Crippen LogP) is 6.04. The molecule has 3 aliphatic heterocycles. The second-order valence-corrected chi connectivity index (χ2v) is 12.1. The van der Waals surface area contributed by atoms with E-state index in [-0.39, 0.29) is 11.3 Å². The van der Waals surface area contributed by atoms with E-state index >= 15 is 0 Å². The highest BCUT2D eigenvalue weighted by molar-refractivity contribution is 9.10. The average Bonchev–Trinajstić information content (AvgIpc) is 3.32. The number of piperidine rings is 1. The molecule has 0 bridgehead atoms. The molecule has 4 atom stereocenters. The number of rotatable bonds is 3. The normalized spacial score (nSPS) is 31.2. The molecule has 1 aliphatic carbocycles. The van der Waals surface area contributed by atoms with Gasteiger partial charge in [-0.25, -0.2) is 0 Å². The number of halogens is 1. The molecule has 1 saturated carbocycles. The fourth-order valence-electron chi connectivity index (χ4n) is 7.60. The first-order valence-corrected chi connectivity index (χ1v) is 14.4. The number of hydrogen-bond acceptors (Lipinski definition) is 3. The number of hydrogen-bond donors (Lipinski definition) is 1. The summed E-state index contributed by atoms with van der Waals surface area (Å²) in [5.74, 6) is 2.50. The monoisotopic (exact) mass is 536 g/mol. The second kappa shape index (κ2) is 9.89. The van der Waals surface area contributed by atoms with Gasteiger partial charge in [0.2, 0.25) is 5.91 Å². The summed E-state index contributed by atoms with van der Waals surface area (Å²) in [5.41, 5.74) is 2.49. The van der Waals surface area contributed by atoms with Crippen LogP contribution in [0, 0.1) is 11.8 Å². The first-order chi connectivity index (χ1) is 17.2. The number of fused-ring (bicyclic) bond motifs is 2. The Bertz CT molecular complexity index is 1050. The van der Waals surface area contributed by atoms with Crippen molar-refractivity contribution in [2.45, 2.75) is 68.7 Å². The lowest BCUT2D eigenvalue weighted by Crippen LogP contribution is -2.55. The first kappa shape index (κ1) is 23.5. The summed E-state index contributed by atoms with van der Waals surface area (Å²) in [4.78, 5) is 16.8. The number of ether oxygens (including phenoxy) is 1. The van der Waals surface area contributed by atoms with Gasteiger partial charge < -0.3 is 15.0 Å². The van der Waals surface area contributed by atoms with Gasteiger partial charge in [-0.3, -0.25) is 4.79 Å². The van der Waals surface area contributed by atoms with Crippen LogP contribution in [0.1, 0.15) is 68.4 Å². The molecule has 5 heteroatoms. The van der Waals surface area contributed by atoms with Crippen molar-refractivity contribution in [3.63, 3.8) is 0 Å². The van der Waals surface area contributed by atoms with E-state index in [2.05, 4.69) is 74.7 Å². The fourth-order valence-corrected chi connectivity index (χ4v) is 7.94. The molecule has 4 aliphatic rings. The van der Waals surface area contributed by atoms with Crippen LogP contribution in [0.15, 0.2) is 53.0 Å². The molecule has 6 rings (SSSR count). The summed E-state index contributed by atoms with van der Waals surface area (Å²) in [6.45, 7) is 3.19. The zero-order chi connectivity index (χ0) is 23.8. The lowest BCUT2D eigenvalue weighted by molar-refractivity contribution is -0.143. The van der Waals surface area contributed by atoms with Crippen LogP contribution in [0.5, 0.6) is 5.75 Å². The van der Waals surface area contributed by atoms with Gasteiger partial charge in [-0.1, -0.05) is 71.6 Å². The zero-order valence-electron chi connectivity index (χ0n) is 20.6. The Balaban J connectivity index is 1.30. The van der Waals surface area contributed by atoms with E-state index in [0.717, 1.165) is 49.1 Å². The van der Waals surface area contributed by atoms with Crippen molar-refractivity contribution in [2.75, 3.05) is 26.2 Å². The molecule has 1 amide bonds. The largest absolute Gasteiger partial charge is 0.493 e. The molecule has 2 aromatic rings. The molecule has 0 aromatic heterocycles. The topological polar surface area (TPSA) is 41.6 Å². The first-order valence-electron chi connectivity index (χ1n) is 13.6. The minimum Gasteiger partial charge on any atom is -0.493 e. The van der Waals surface area contributed by atoms with E-state index in [4.69, 9.17) is 4.74 Å². The molecule has 1 spiro atoms. The highest BCUT2D eigenvalue weighted by atomic mass is 79.9. The molecule has 4 nitrogen and oxygen atoms in total. The molecular formula is C30H37BrN2O2. The molecule has 3 fully saturated rings. The predicted molar refractivity (Wildman–Crippen MR) is 143 cm³/mol. The Morgan fingerprint density at radius 3 is 2.71 bits per heavy atom. The van der Waals surface area contributed by atoms with Crippen molar-refractivity contribution in [2.24, 2.45) is 11.8 Å². The molecule has 0 unspecified atom stereocenters. The van der Waals surface area contributed by atoms with E-state index in [0.29, 0.717) is 30.4 Å². The van der Waals surface area contributed by atoms with Crippen LogP contribution in [-0.4, -0.2) is 43.1 Å². The van der Waals surface area contributed by atoms with E-state index in [1.807, 2.05) is 0 Å². The van der Waals surface area contributed by atoms with Crippen LogP contribution < -0.4 is 10.1 Å².